The van der Waals surface area contributed by atoms with Crippen LogP contribution in [0.2, 0.25) is 5.02 Å². The molecule has 2 N–H and O–H groups in total. The maximum Gasteiger partial charge on any atom is 0.0931 e. The molecule has 0 amide bonds. The van der Waals surface area contributed by atoms with Gasteiger partial charge in [0.1, 0.15) is 0 Å². The van der Waals surface area contributed by atoms with Gasteiger partial charge in [0, 0.05) is 29.7 Å². The van der Waals surface area contributed by atoms with Gasteiger partial charge >= 0.3 is 0 Å². The summed E-state index contributed by atoms with van der Waals surface area (Å²) in [6.45, 7) is 1.28. The number of hydrogen-bond acceptors (Lipinski definition) is 3. The minimum absolute atomic E-state index is 0.131. The van der Waals surface area contributed by atoms with Crippen LogP contribution in [0.1, 0.15) is 24.5 Å². The fourth-order valence-electron chi connectivity index (χ4n) is 2.06. The molecule has 0 heterocycles. The highest BCUT2D eigenvalue weighted by atomic mass is 35.5. The first-order valence-corrected chi connectivity index (χ1v) is 6.37. The molecule has 2 rings (SSSR count). The zero-order chi connectivity index (χ0) is 12.3. The van der Waals surface area contributed by atoms with E-state index >= 15 is 0 Å². The standard InChI is InChI=1S/C13H18ClNO2/c14-12-4-2-1-3-11(12)13(17)9-15(7-8-16)10-5-6-10/h1-4,10,13,16-17H,5-9H2. The second kappa shape index (κ2) is 5.83. The molecule has 17 heavy (non-hydrogen) atoms. The van der Waals surface area contributed by atoms with Gasteiger partial charge in [0.2, 0.25) is 0 Å². The predicted molar refractivity (Wildman–Crippen MR) is 68.1 cm³/mol. The van der Waals surface area contributed by atoms with E-state index in [1.54, 1.807) is 6.07 Å². The van der Waals surface area contributed by atoms with Crippen LogP contribution in [0.4, 0.5) is 0 Å². The molecule has 1 fully saturated rings. The van der Waals surface area contributed by atoms with Crippen LogP contribution < -0.4 is 0 Å². The van der Waals surface area contributed by atoms with Gasteiger partial charge < -0.3 is 10.2 Å². The molecule has 0 radical (unpaired) electrons. The fourth-order valence-corrected chi connectivity index (χ4v) is 2.32. The van der Waals surface area contributed by atoms with Gasteiger partial charge in [-0.05, 0) is 18.9 Å². The molecule has 1 aliphatic carbocycles. The van der Waals surface area contributed by atoms with Crippen LogP contribution in [0, 0.1) is 0 Å². The first-order chi connectivity index (χ1) is 8.22. The van der Waals surface area contributed by atoms with Crippen LogP contribution >= 0.6 is 11.6 Å². The Kier molecular flexibility index (Phi) is 4.40. The first kappa shape index (κ1) is 12.8. The summed E-state index contributed by atoms with van der Waals surface area (Å²) in [5.41, 5.74) is 0.762. The largest absolute Gasteiger partial charge is 0.395 e. The Morgan fingerprint density at radius 1 is 1.35 bits per heavy atom. The fraction of sp³-hybridized carbons (Fsp3) is 0.538. The Labute approximate surface area is 107 Å². The topological polar surface area (TPSA) is 43.7 Å². The lowest BCUT2D eigenvalue weighted by molar-refractivity contribution is 0.0953. The van der Waals surface area contributed by atoms with Crippen LogP contribution in [-0.4, -0.2) is 40.9 Å². The van der Waals surface area contributed by atoms with Crippen molar-refractivity contribution in [2.24, 2.45) is 0 Å². The van der Waals surface area contributed by atoms with E-state index in [2.05, 4.69) is 4.90 Å². The van der Waals surface area contributed by atoms with Crippen molar-refractivity contribution in [2.45, 2.75) is 25.0 Å². The summed E-state index contributed by atoms with van der Waals surface area (Å²) in [6.07, 6.45) is 1.74. The zero-order valence-electron chi connectivity index (χ0n) is 9.72. The van der Waals surface area contributed by atoms with Gasteiger partial charge in [0.25, 0.3) is 0 Å². The van der Waals surface area contributed by atoms with Crippen molar-refractivity contribution in [3.05, 3.63) is 34.9 Å². The highest BCUT2D eigenvalue weighted by Crippen LogP contribution is 2.30. The first-order valence-electron chi connectivity index (χ1n) is 5.99. The normalized spacial score (nSPS) is 17.4. The molecule has 1 aromatic carbocycles. The van der Waals surface area contributed by atoms with E-state index in [0.717, 1.165) is 18.4 Å². The summed E-state index contributed by atoms with van der Waals surface area (Å²) >= 11 is 6.05. The lowest BCUT2D eigenvalue weighted by atomic mass is 10.1. The molecule has 4 heteroatoms. The van der Waals surface area contributed by atoms with Crippen LogP contribution in [0.25, 0.3) is 0 Å². The minimum Gasteiger partial charge on any atom is -0.395 e. The van der Waals surface area contributed by atoms with Crippen molar-refractivity contribution in [1.29, 1.82) is 0 Å². The molecular weight excluding hydrogens is 238 g/mol. The number of aliphatic hydroxyl groups excluding tert-OH is 2. The van der Waals surface area contributed by atoms with Crippen LogP contribution in [0.3, 0.4) is 0 Å². The minimum atomic E-state index is -0.587. The van der Waals surface area contributed by atoms with E-state index in [-0.39, 0.29) is 6.61 Å². The van der Waals surface area contributed by atoms with E-state index in [9.17, 15) is 5.11 Å². The summed E-state index contributed by atoms with van der Waals surface area (Å²) in [5, 5.41) is 19.8. The third-order valence-corrected chi connectivity index (χ3v) is 3.47. The molecule has 3 nitrogen and oxygen atoms in total. The van der Waals surface area contributed by atoms with E-state index in [1.165, 1.54) is 0 Å². The average molecular weight is 256 g/mol. The maximum absolute atomic E-state index is 10.2. The molecule has 1 atom stereocenters. The Morgan fingerprint density at radius 2 is 2.06 bits per heavy atom. The van der Waals surface area contributed by atoms with Crippen molar-refractivity contribution in [3.63, 3.8) is 0 Å². The van der Waals surface area contributed by atoms with Crippen LogP contribution in [0.15, 0.2) is 24.3 Å². The second-order valence-corrected chi connectivity index (χ2v) is 4.89. The molecule has 0 saturated heterocycles. The number of aliphatic hydroxyl groups is 2. The monoisotopic (exact) mass is 255 g/mol. The molecule has 1 aliphatic rings. The summed E-state index contributed by atoms with van der Waals surface area (Å²) in [4.78, 5) is 2.13. The van der Waals surface area contributed by atoms with Gasteiger partial charge in [-0.15, -0.1) is 0 Å². The van der Waals surface area contributed by atoms with Crippen LogP contribution in [-0.2, 0) is 0 Å². The van der Waals surface area contributed by atoms with E-state index in [1.807, 2.05) is 18.2 Å². The molecule has 1 unspecified atom stereocenters. The number of nitrogens with zero attached hydrogens (tertiary/aromatic N) is 1. The summed E-state index contributed by atoms with van der Waals surface area (Å²) in [6, 6.07) is 7.88. The molecule has 1 aromatic rings. The molecule has 94 valence electrons. The molecule has 0 bridgehead atoms. The summed E-state index contributed by atoms with van der Waals surface area (Å²) in [5.74, 6) is 0. The predicted octanol–water partition coefficient (Wildman–Crippen LogP) is 1.83. The zero-order valence-corrected chi connectivity index (χ0v) is 10.5. The smallest absolute Gasteiger partial charge is 0.0931 e. The number of benzene rings is 1. The highest BCUT2D eigenvalue weighted by molar-refractivity contribution is 6.31. The molecular formula is C13H18ClNO2. The molecule has 1 saturated carbocycles. The average Bonchev–Trinajstić information content (AvgIpc) is 3.12. The SMILES string of the molecule is OCCN(CC(O)c1ccccc1Cl)C1CC1. The lowest BCUT2D eigenvalue weighted by Crippen LogP contribution is -2.33. The summed E-state index contributed by atoms with van der Waals surface area (Å²) < 4.78 is 0. The Bertz CT molecular complexity index is 368. The van der Waals surface area contributed by atoms with Gasteiger partial charge in [0.15, 0.2) is 0 Å². The highest BCUT2D eigenvalue weighted by Gasteiger charge is 2.30. The third-order valence-electron chi connectivity index (χ3n) is 3.12. The Hall–Kier alpha value is -0.610. The molecule has 0 spiro atoms. The number of halogens is 1. The lowest BCUT2D eigenvalue weighted by Gasteiger charge is -2.24. The van der Waals surface area contributed by atoms with E-state index < -0.39 is 6.10 Å². The van der Waals surface area contributed by atoms with Crippen molar-refractivity contribution in [3.8, 4) is 0 Å². The van der Waals surface area contributed by atoms with Crippen molar-refractivity contribution in [2.75, 3.05) is 19.7 Å². The Morgan fingerprint density at radius 3 is 2.65 bits per heavy atom. The van der Waals surface area contributed by atoms with Crippen molar-refractivity contribution < 1.29 is 10.2 Å². The third kappa shape index (κ3) is 3.42. The molecule has 0 aliphatic heterocycles. The molecule has 0 aromatic heterocycles. The van der Waals surface area contributed by atoms with E-state index in [4.69, 9.17) is 16.7 Å². The van der Waals surface area contributed by atoms with Gasteiger partial charge in [0.05, 0.1) is 12.7 Å². The second-order valence-electron chi connectivity index (χ2n) is 4.49. The number of rotatable bonds is 6. The maximum atomic E-state index is 10.2. The van der Waals surface area contributed by atoms with Gasteiger partial charge in [-0.1, -0.05) is 29.8 Å². The number of hydrogen-bond donors (Lipinski definition) is 2. The van der Waals surface area contributed by atoms with Gasteiger partial charge in [-0.25, -0.2) is 0 Å². The summed E-state index contributed by atoms with van der Waals surface area (Å²) in [7, 11) is 0. The quantitative estimate of drug-likeness (QED) is 0.815. The van der Waals surface area contributed by atoms with Gasteiger partial charge in [-0.3, -0.25) is 4.90 Å². The van der Waals surface area contributed by atoms with Crippen molar-refractivity contribution in [1.82, 2.24) is 4.90 Å². The Balaban J connectivity index is 1.99. The van der Waals surface area contributed by atoms with Gasteiger partial charge in [-0.2, -0.15) is 0 Å². The van der Waals surface area contributed by atoms with E-state index in [0.29, 0.717) is 24.2 Å². The van der Waals surface area contributed by atoms with Crippen molar-refractivity contribution >= 4 is 11.6 Å². The van der Waals surface area contributed by atoms with Crippen LogP contribution in [0.5, 0.6) is 0 Å².